The van der Waals surface area contributed by atoms with Crippen molar-refractivity contribution < 1.29 is 9.59 Å². The fraction of sp³-hybridized carbons (Fsp3) is 0.500. The van der Waals surface area contributed by atoms with E-state index >= 15 is 0 Å². The molecule has 0 spiro atoms. The van der Waals surface area contributed by atoms with Gasteiger partial charge < -0.3 is 5.32 Å². The topological polar surface area (TPSA) is 49.4 Å². The van der Waals surface area contributed by atoms with Gasteiger partial charge in [-0.1, -0.05) is 42.8 Å². The number of anilines is 1. The second-order valence-electron chi connectivity index (χ2n) is 5.36. The van der Waals surface area contributed by atoms with E-state index < -0.39 is 11.6 Å². The lowest BCUT2D eigenvalue weighted by Crippen LogP contribution is -2.70. The molecule has 1 saturated heterocycles. The summed E-state index contributed by atoms with van der Waals surface area (Å²) in [6.07, 6.45) is 1.78. The van der Waals surface area contributed by atoms with Crippen LogP contribution in [0.3, 0.4) is 0 Å². The lowest BCUT2D eigenvalue weighted by atomic mass is 9.86. The van der Waals surface area contributed by atoms with Gasteiger partial charge in [-0.25, -0.2) is 0 Å². The van der Waals surface area contributed by atoms with Gasteiger partial charge in [0.15, 0.2) is 0 Å². The molecule has 1 unspecified atom stereocenters. The van der Waals surface area contributed by atoms with Gasteiger partial charge in [0.05, 0.1) is 0 Å². The Kier molecular flexibility index (Phi) is 4.71. The minimum absolute atomic E-state index is 0.0166. The molecule has 2 amide bonds. The maximum absolute atomic E-state index is 13.0. The molecule has 1 atom stereocenters. The van der Waals surface area contributed by atoms with Crippen molar-refractivity contribution >= 4 is 33.4 Å². The summed E-state index contributed by atoms with van der Waals surface area (Å²) < 4.78 is 0.896. The molecule has 1 N–H and O–H groups in total. The molecule has 21 heavy (non-hydrogen) atoms. The average molecular weight is 353 g/mol. The molecule has 0 aromatic heterocycles. The van der Waals surface area contributed by atoms with E-state index in [0.717, 1.165) is 10.2 Å². The first kappa shape index (κ1) is 16.0. The van der Waals surface area contributed by atoms with Crippen LogP contribution in [0, 0.1) is 0 Å². The molecule has 0 radical (unpaired) electrons. The summed E-state index contributed by atoms with van der Waals surface area (Å²) in [6.45, 7) is 5.80. The summed E-state index contributed by atoms with van der Waals surface area (Å²) in [7, 11) is 0. The molecule has 0 bridgehead atoms. The molecule has 1 aliphatic heterocycles. The average Bonchev–Trinajstić information content (AvgIpc) is 2.48. The summed E-state index contributed by atoms with van der Waals surface area (Å²) in [4.78, 5) is 27.2. The van der Waals surface area contributed by atoms with E-state index in [1.54, 1.807) is 4.90 Å². The summed E-state index contributed by atoms with van der Waals surface area (Å²) in [6, 6.07) is 7.10. The summed E-state index contributed by atoms with van der Waals surface area (Å²) >= 11 is 3.43. The van der Waals surface area contributed by atoms with Crippen molar-refractivity contribution in [3.05, 3.63) is 28.7 Å². The van der Waals surface area contributed by atoms with E-state index in [4.69, 9.17) is 0 Å². The van der Waals surface area contributed by atoms with E-state index in [0.29, 0.717) is 19.3 Å². The molecule has 1 heterocycles. The second kappa shape index (κ2) is 6.18. The summed E-state index contributed by atoms with van der Waals surface area (Å²) in [5, 5.41) is 2.95. The summed E-state index contributed by atoms with van der Waals surface area (Å²) in [5.74, 6) is -0.0853. The van der Waals surface area contributed by atoms with Crippen LogP contribution in [0.25, 0.3) is 0 Å². The zero-order valence-electron chi connectivity index (χ0n) is 12.6. The van der Waals surface area contributed by atoms with Gasteiger partial charge in [0.2, 0.25) is 5.91 Å². The Morgan fingerprint density at radius 1 is 1.24 bits per heavy atom. The first-order chi connectivity index (χ1) is 9.99. The predicted octanol–water partition coefficient (Wildman–Crippen LogP) is 3.25. The first-order valence-electron chi connectivity index (χ1n) is 7.40. The fourth-order valence-corrected chi connectivity index (χ4v) is 3.27. The molecule has 1 aromatic rings. The number of carbonyl (C=O) groups excluding carboxylic acids is 2. The third kappa shape index (κ3) is 2.71. The third-order valence-corrected chi connectivity index (χ3v) is 4.78. The molecule has 114 valence electrons. The van der Waals surface area contributed by atoms with Gasteiger partial charge >= 0.3 is 0 Å². The SMILES string of the molecule is CCC1C(=O)NC(CC)(CC)C(=O)N1c1cccc(Br)c1. The van der Waals surface area contributed by atoms with Gasteiger partial charge in [-0.2, -0.15) is 0 Å². The Labute approximate surface area is 134 Å². The number of nitrogens with one attached hydrogen (secondary N) is 1. The third-order valence-electron chi connectivity index (χ3n) is 4.29. The highest BCUT2D eigenvalue weighted by molar-refractivity contribution is 9.10. The lowest BCUT2D eigenvalue weighted by Gasteiger charge is -2.45. The Morgan fingerprint density at radius 2 is 1.90 bits per heavy atom. The van der Waals surface area contributed by atoms with E-state index in [9.17, 15) is 9.59 Å². The largest absolute Gasteiger partial charge is 0.340 e. The normalized spacial score (nSPS) is 21.3. The van der Waals surface area contributed by atoms with Crippen LogP contribution in [0.5, 0.6) is 0 Å². The molecule has 0 saturated carbocycles. The summed E-state index contributed by atoms with van der Waals surface area (Å²) in [5.41, 5.74) is -0.0206. The molecule has 4 nitrogen and oxygen atoms in total. The van der Waals surface area contributed by atoms with Crippen LogP contribution in [0.2, 0.25) is 0 Å². The number of rotatable bonds is 4. The van der Waals surface area contributed by atoms with Crippen molar-refractivity contribution in [2.45, 2.75) is 51.6 Å². The van der Waals surface area contributed by atoms with Crippen LogP contribution in [0.4, 0.5) is 5.69 Å². The molecule has 2 rings (SSSR count). The zero-order chi connectivity index (χ0) is 15.6. The van der Waals surface area contributed by atoms with Crippen LogP contribution < -0.4 is 10.2 Å². The monoisotopic (exact) mass is 352 g/mol. The number of hydrogen-bond acceptors (Lipinski definition) is 2. The van der Waals surface area contributed by atoms with E-state index in [1.165, 1.54) is 0 Å². The highest BCUT2D eigenvalue weighted by Gasteiger charge is 2.48. The Morgan fingerprint density at radius 3 is 2.43 bits per heavy atom. The molecule has 1 aliphatic rings. The Balaban J connectivity index is 2.52. The number of piperazine rings is 1. The number of hydrogen-bond donors (Lipinski definition) is 1. The van der Waals surface area contributed by atoms with Crippen LogP contribution in [-0.2, 0) is 9.59 Å². The molecular weight excluding hydrogens is 332 g/mol. The van der Waals surface area contributed by atoms with Gasteiger partial charge in [-0.05, 0) is 37.5 Å². The predicted molar refractivity (Wildman–Crippen MR) is 87.2 cm³/mol. The van der Waals surface area contributed by atoms with Crippen LogP contribution in [-0.4, -0.2) is 23.4 Å². The van der Waals surface area contributed by atoms with Crippen molar-refractivity contribution in [2.24, 2.45) is 0 Å². The maximum Gasteiger partial charge on any atom is 0.253 e. The van der Waals surface area contributed by atoms with Crippen molar-refractivity contribution in [2.75, 3.05) is 4.90 Å². The number of nitrogens with zero attached hydrogens (tertiary/aromatic N) is 1. The van der Waals surface area contributed by atoms with Crippen molar-refractivity contribution in [1.82, 2.24) is 5.32 Å². The van der Waals surface area contributed by atoms with Crippen molar-refractivity contribution in [3.63, 3.8) is 0 Å². The standard InChI is InChI=1S/C16H21BrN2O2/c1-4-13-14(20)18-16(5-2,6-3)15(21)19(13)12-9-7-8-11(17)10-12/h7-10,13H,4-6H2,1-3H3,(H,18,20). The Bertz CT molecular complexity index is 555. The van der Waals surface area contributed by atoms with Crippen LogP contribution in [0.1, 0.15) is 40.0 Å². The van der Waals surface area contributed by atoms with Gasteiger partial charge in [-0.3, -0.25) is 14.5 Å². The van der Waals surface area contributed by atoms with Crippen LogP contribution in [0.15, 0.2) is 28.7 Å². The number of carbonyl (C=O) groups is 2. The highest BCUT2D eigenvalue weighted by atomic mass is 79.9. The second-order valence-corrected chi connectivity index (χ2v) is 6.27. The van der Waals surface area contributed by atoms with Gasteiger partial charge in [0.25, 0.3) is 5.91 Å². The molecule has 5 heteroatoms. The zero-order valence-corrected chi connectivity index (χ0v) is 14.2. The van der Waals surface area contributed by atoms with E-state index in [1.807, 2.05) is 45.0 Å². The number of amides is 2. The molecular formula is C16H21BrN2O2. The lowest BCUT2D eigenvalue weighted by molar-refractivity contribution is -0.138. The van der Waals surface area contributed by atoms with Gasteiger partial charge in [0.1, 0.15) is 11.6 Å². The number of benzene rings is 1. The molecule has 1 fully saturated rings. The Hall–Kier alpha value is -1.36. The number of halogens is 1. The quantitative estimate of drug-likeness (QED) is 0.903. The molecule has 0 aliphatic carbocycles. The highest BCUT2D eigenvalue weighted by Crippen LogP contribution is 2.31. The fourth-order valence-electron chi connectivity index (χ4n) is 2.88. The van der Waals surface area contributed by atoms with Crippen LogP contribution >= 0.6 is 15.9 Å². The van der Waals surface area contributed by atoms with E-state index in [2.05, 4.69) is 21.2 Å². The first-order valence-corrected chi connectivity index (χ1v) is 8.19. The van der Waals surface area contributed by atoms with Crippen molar-refractivity contribution in [3.8, 4) is 0 Å². The minimum Gasteiger partial charge on any atom is -0.340 e. The molecule has 1 aromatic carbocycles. The van der Waals surface area contributed by atoms with Gasteiger partial charge in [-0.15, -0.1) is 0 Å². The van der Waals surface area contributed by atoms with Crippen molar-refractivity contribution in [1.29, 1.82) is 0 Å². The minimum atomic E-state index is -0.787. The maximum atomic E-state index is 13.0. The smallest absolute Gasteiger partial charge is 0.253 e. The van der Waals surface area contributed by atoms with Gasteiger partial charge in [0, 0.05) is 10.2 Å². The van der Waals surface area contributed by atoms with E-state index in [-0.39, 0.29) is 11.8 Å².